The third-order valence-corrected chi connectivity index (χ3v) is 3.56. The predicted octanol–water partition coefficient (Wildman–Crippen LogP) is 0.627. The fraction of sp³-hybridized carbons (Fsp3) is 0.385. The summed E-state index contributed by atoms with van der Waals surface area (Å²) in [6.45, 7) is 3.49. The largest absolute Gasteiger partial charge is 0.465 e. The van der Waals surface area contributed by atoms with Crippen LogP contribution in [0.3, 0.4) is 0 Å². The number of rotatable bonds is 3. The molecule has 0 aromatic carbocycles. The topological polar surface area (TPSA) is 58.0 Å². The molecule has 2 aliphatic heterocycles. The first-order chi connectivity index (χ1) is 9.74. The zero-order valence-electron chi connectivity index (χ0n) is 10.9. The SMILES string of the molecule is O=C1/C(=C/c2ccco2)NC(=S)N1CN1CCOCC1. The molecule has 1 amide bonds. The van der Waals surface area contributed by atoms with Crippen molar-refractivity contribution in [3.05, 3.63) is 29.9 Å². The van der Waals surface area contributed by atoms with E-state index in [4.69, 9.17) is 21.4 Å². The van der Waals surface area contributed by atoms with Gasteiger partial charge in [-0.3, -0.25) is 14.6 Å². The number of carbonyl (C=O) groups excluding carboxylic acids is 1. The minimum Gasteiger partial charge on any atom is -0.465 e. The van der Waals surface area contributed by atoms with Crippen LogP contribution in [0.25, 0.3) is 6.08 Å². The van der Waals surface area contributed by atoms with Gasteiger partial charge in [0.25, 0.3) is 5.91 Å². The van der Waals surface area contributed by atoms with Gasteiger partial charge in [-0.25, -0.2) is 0 Å². The predicted molar refractivity (Wildman–Crippen MR) is 76.5 cm³/mol. The molecule has 0 unspecified atom stereocenters. The van der Waals surface area contributed by atoms with Crippen LogP contribution in [0.1, 0.15) is 5.76 Å². The fourth-order valence-corrected chi connectivity index (χ4v) is 2.41. The first-order valence-electron chi connectivity index (χ1n) is 6.42. The lowest BCUT2D eigenvalue weighted by atomic mass is 10.3. The Morgan fingerprint density at radius 3 is 2.90 bits per heavy atom. The molecular weight excluding hydrogens is 278 g/mol. The van der Waals surface area contributed by atoms with Crippen LogP contribution < -0.4 is 5.32 Å². The Kier molecular flexibility index (Phi) is 3.81. The van der Waals surface area contributed by atoms with E-state index in [0.29, 0.717) is 36.5 Å². The number of hydrogen-bond acceptors (Lipinski definition) is 5. The van der Waals surface area contributed by atoms with Crippen LogP contribution in [-0.4, -0.2) is 53.8 Å². The lowest BCUT2D eigenvalue weighted by Gasteiger charge is -2.29. The minimum atomic E-state index is -0.127. The standard InChI is InChI=1S/C13H15N3O3S/c17-12-11(8-10-2-1-5-19-10)14-13(20)16(12)9-15-3-6-18-7-4-15/h1-2,5,8H,3-4,6-7,9H2,(H,14,20)/b11-8-. The van der Waals surface area contributed by atoms with E-state index in [1.807, 2.05) is 0 Å². The normalized spacial score (nSPS) is 22.6. The number of ether oxygens (including phenoxy) is 1. The van der Waals surface area contributed by atoms with Gasteiger partial charge >= 0.3 is 0 Å². The van der Waals surface area contributed by atoms with Gasteiger partial charge in [0.1, 0.15) is 11.5 Å². The Morgan fingerprint density at radius 1 is 1.40 bits per heavy atom. The van der Waals surface area contributed by atoms with E-state index in [0.717, 1.165) is 13.1 Å². The number of nitrogens with zero attached hydrogens (tertiary/aromatic N) is 2. The van der Waals surface area contributed by atoms with Crippen LogP contribution >= 0.6 is 12.2 Å². The van der Waals surface area contributed by atoms with Gasteiger partial charge in [-0.05, 0) is 24.4 Å². The van der Waals surface area contributed by atoms with Crippen molar-refractivity contribution in [1.29, 1.82) is 0 Å². The van der Waals surface area contributed by atoms with Gasteiger partial charge in [0.15, 0.2) is 5.11 Å². The zero-order valence-corrected chi connectivity index (χ0v) is 11.7. The summed E-state index contributed by atoms with van der Waals surface area (Å²) in [5, 5.41) is 3.36. The van der Waals surface area contributed by atoms with Crippen LogP contribution in [0.5, 0.6) is 0 Å². The number of furan rings is 1. The summed E-state index contributed by atoms with van der Waals surface area (Å²) in [5.74, 6) is 0.495. The Hall–Kier alpha value is -1.70. The monoisotopic (exact) mass is 293 g/mol. The van der Waals surface area contributed by atoms with Gasteiger partial charge < -0.3 is 14.5 Å². The van der Waals surface area contributed by atoms with Crippen molar-refractivity contribution in [2.24, 2.45) is 0 Å². The average Bonchev–Trinajstić information content (AvgIpc) is 3.05. The highest BCUT2D eigenvalue weighted by atomic mass is 32.1. The Labute approximate surface area is 122 Å². The number of nitrogens with one attached hydrogen (secondary N) is 1. The van der Waals surface area contributed by atoms with Gasteiger partial charge in [0.2, 0.25) is 0 Å². The number of thiocarbonyl (C=S) groups is 1. The van der Waals surface area contributed by atoms with E-state index >= 15 is 0 Å². The lowest BCUT2D eigenvalue weighted by molar-refractivity contribution is -0.124. The van der Waals surface area contributed by atoms with Gasteiger partial charge in [0.05, 0.1) is 26.1 Å². The number of carbonyl (C=O) groups is 1. The second kappa shape index (κ2) is 5.74. The Bertz CT molecular complexity index is 535. The first-order valence-corrected chi connectivity index (χ1v) is 6.83. The second-order valence-electron chi connectivity index (χ2n) is 4.61. The third-order valence-electron chi connectivity index (χ3n) is 3.24. The molecule has 7 heteroatoms. The highest BCUT2D eigenvalue weighted by Gasteiger charge is 2.32. The Balaban J connectivity index is 1.70. The fourth-order valence-electron chi connectivity index (χ4n) is 2.16. The second-order valence-corrected chi connectivity index (χ2v) is 5.00. The molecule has 0 saturated carbocycles. The summed E-state index contributed by atoms with van der Waals surface area (Å²) >= 11 is 5.22. The Morgan fingerprint density at radius 2 is 2.20 bits per heavy atom. The van der Waals surface area contributed by atoms with Gasteiger partial charge in [-0.2, -0.15) is 0 Å². The van der Waals surface area contributed by atoms with Gasteiger partial charge in [-0.1, -0.05) is 0 Å². The number of hydrogen-bond donors (Lipinski definition) is 1. The maximum Gasteiger partial charge on any atom is 0.277 e. The smallest absolute Gasteiger partial charge is 0.277 e. The molecule has 1 aromatic rings. The minimum absolute atomic E-state index is 0.127. The van der Waals surface area contributed by atoms with Crippen molar-refractivity contribution in [1.82, 2.24) is 15.1 Å². The van der Waals surface area contributed by atoms with E-state index in [-0.39, 0.29) is 5.91 Å². The quantitative estimate of drug-likeness (QED) is 0.651. The van der Waals surface area contributed by atoms with E-state index in [1.54, 1.807) is 29.4 Å². The summed E-state index contributed by atoms with van der Waals surface area (Å²) in [7, 11) is 0. The summed E-state index contributed by atoms with van der Waals surface area (Å²) in [4.78, 5) is 16.0. The van der Waals surface area contributed by atoms with Crippen molar-refractivity contribution in [2.45, 2.75) is 0 Å². The highest BCUT2D eigenvalue weighted by Crippen LogP contribution is 2.15. The molecule has 6 nitrogen and oxygen atoms in total. The molecule has 2 saturated heterocycles. The van der Waals surface area contributed by atoms with E-state index in [1.165, 1.54) is 0 Å². The summed E-state index contributed by atoms with van der Waals surface area (Å²) in [6.07, 6.45) is 3.23. The molecule has 0 aliphatic carbocycles. The molecule has 1 N–H and O–H groups in total. The van der Waals surface area contributed by atoms with E-state index in [9.17, 15) is 4.79 Å². The zero-order chi connectivity index (χ0) is 13.9. The van der Waals surface area contributed by atoms with Crippen molar-refractivity contribution in [3.8, 4) is 0 Å². The molecule has 2 aliphatic rings. The lowest BCUT2D eigenvalue weighted by Crippen LogP contribution is -2.46. The molecule has 2 fully saturated rings. The molecule has 0 atom stereocenters. The average molecular weight is 293 g/mol. The molecular formula is C13H15N3O3S. The van der Waals surface area contributed by atoms with Crippen molar-refractivity contribution in [2.75, 3.05) is 33.0 Å². The van der Waals surface area contributed by atoms with Crippen LogP contribution in [0.4, 0.5) is 0 Å². The first kappa shape index (κ1) is 13.3. The van der Waals surface area contributed by atoms with Gasteiger partial charge in [0, 0.05) is 19.2 Å². The van der Waals surface area contributed by atoms with Crippen molar-refractivity contribution >= 4 is 29.3 Å². The molecule has 106 valence electrons. The van der Waals surface area contributed by atoms with E-state index in [2.05, 4.69) is 10.2 Å². The highest BCUT2D eigenvalue weighted by molar-refractivity contribution is 7.80. The number of morpholine rings is 1. The third kappa shape index (κ3) is 2.74. The summed E-state index contributed by atoms with van der Waals surface area (Å²) in [6, 6.07) is 3.56. The van der Waals surface area contributed by atoms with Crippen molar-refractivity contribution < 1.29 is 13.9 Å². The van der Waals surface area contributed by atoms with Crippen LogP contribution in [0, 0.1) is 0 Å². The number of amides is 1. The summed E-state index contributed by atoms with van der Waals surface area (Å²) in [5.41, 5.74) is 0.443. The van der Waals surface area contributed by atoms with Crippen LogP contribution in [0.2, 0.25) is 0 Å². The molecule has 0 spiro atoms. The molecule has 1 aromatic heterocycles. The summed E-state index contributed by atoms with van der Waals surface area (Å²) < 4.78 is 10.5. The maximum atomic E-state index is 12.3. The van der Waals surface area contributed by atoms with E-state index < -0.39 is 0 Å². The van der Waals surface area contributed by atoms with Gasteiger partial charge in [-0.15, -0.1) is 0 Å². The molecule has 3 rings (SSSR count). The van der Waals surface area contributed by atoms with Crippen molar-refractivity contribution in [3.63, 3.8) is 0 Å². The maximum absolute atomic E-state index is 12.3. The molecule has 20 heavy (non-hydrogen) atoms. The molecule has 3 heterocycles. The molecule has 0 radical (unpaired) electrons. The van der Waals surface area contributed by atoms with Crippen LogP contribution in [0.15, 0.2) is 28.5 Å². The molecule has 0 bridgehead atoms. The van der Waals surface area contributed by atoms with Crippen LogP contribution in [-0.2, 0) is 9.53 Å².